The number of carbonyl (C=O) groups is 1. The van der Waals surface area contributed by atoms with Crippen molar-refractivity contribution in [3.63, 3.8) is 0 Å². The number of fused-ring (bicyclic) bond motifs is 1. The number of benzene rings is 1. The fourth-order valence-corrected chi connectivity index (χ4v) is 4.46. The van der Waals surface area contributed by atoms with Gasteiger partial charge in [-0.25, -0.2) is 14.3 Å². The van der Waals surface area contributed by atoms with Crippen LogP contribution < -0.4 is 15.7 Å². The Morgan fingerprint density at radius 3 is 2.64 bits per heavy atom. The molecule has 2 atom stereocenters. The fourth-order valence-electron chi connectivity index (χ4n) is 3.66. The summed E-state index contributed by atoms with van der Waals surface area (Å²) < 4.78 is 31.1. The van der Waals surface area contributed by atoms with E-state index in [1.54, 1.807) is 35.8 Å². The van der Waals surface area contributed by atoms with Crippen molar-refractivity contribution in [2.75, 3.05) is 12.4 Å². The summed E-state index contributed by atoms with van der Waals surface area (Å²) in [5.41, 5.74) is 0.582. The van der Waals surface area contributed by atoms with E-state index >= 15 is 0 Å². The molecule has 0 saturated carbocycles. The first-order valence-corrected chi connectivity index (χ1v) is 12.1. The van der Waals surface area contributed by atoms with Crippen molar-refractivity contribution in [3.05, 3.63) is 52.6 Å². The van der Waals surface area contributed by atoms with Crippen molar-refractivity contribution in [3.8, 4) is 11.4 Å². The molecule has 1 aromatic carbocycles. The van der Waals surface area contributed by atoms with Crippen molar-refractivity contribution in [1.82, 2.24) is 19.4 Å². The van der Waals surface area contributed by atoms with Gasteiger partial charge in [-0.2, -0.15) is 0 Å². The second kappa shape index (κ2) is 9.88. The summed E-state index contributed by atoms with van der Waals surface area (Å²) in [6.07, 6.45) is 1.83. The molecule has 1 unspecified atom stereocenters. The molecular weight excluding hydrogens is 444 g/mol. The summed E-state index contributed by atoms with van der Waals surface area (Å²) in [4.78, 5) is 30.7. The molecule has 0 radical (unpaired) electrons. The highest BCUT2D eigenvalue weighted by Gasteiger charge is 2.26. The number of ether oxygens (including phenoxy) is 1. The lowest BCUT2D eigenvalue weighted by Gasteiger charge is -2.30. The number of hydrogen-bond donors (Lipinski definition) is 1. The van der Waals surface area contributed by atoms with Crippen LogP contribution in [0.25, 0.3) is 16.9 Å². The van der Waals surface area contributed by atoms with Gasteiger partial charge in [-0.1, -0.05) is 24.1 Å². The number of carbonyl (C=O) groups excluding carboxylic acids is 1. The molecule has 0 spiro atoms. The van der Waals surface area contributed by atoms with Crippen molar-refractivity contribution >= 4 is 28.2 Å². The molecule has 0 saturated heterocycles. The van der Waals surface area contributed by atoms with Gasteiger partial charge in [-0.15, -0.1) is 0 Å². The summed E-state index contributed by atoms with van der Waals surface area (Å²) in [5.74, 6) is -0.0141. The third-order valence-electron chi connectivity index (χ3n) is 5.51. The van der Waals surface area contributed by atoms with Crippen LogP contribution in [0.5, 0.6) is 5.75 Å². The first-order chi connectivity index (χ1) is 15.6. The number of hydrogen-bond acceptors (Lipinski definition) is 6. The fraction of sp³-hybridized carbons (Fsp3) is 0.435. The molecule has 0 fully saturated rings. The lowest BCUT2D eigenvalue weighted by Crippen LogP contribution is -2.49. The molecule has 1 amide bonds. The van der Waals surface area contributed by atoms with Crippen molar-refractivity contribution in [1.29, 1.82) is 0 Å². The normalized spacial score (nSPS) is 14.3. The van der Waals surface area contributed by atoms with Crippen LogP contribution >= 0.6 is 0 Å². The van der Waals surface area contributed by atoms with Crippen LogP contribution in [0.2, 0.25) is 0 Å². The Labute approximate surface area is 195 Å². The van der Waals surface area contributed by atoms with Crippen LogP contribution in [0.4, 0.5) is 0 Å². The van der Waals surface area contributed by atoms with Crippen molar-refractivity contribution < 1.29 is 18.3 Å². The zero-order chi connectivity index (χ0) is 24.3. The summed E-state index contributed by atoms with van der Waals surface area (Å²) in [5, 5.41) is 2.80. The van der Waals surface area contributed by atoms with E-state index in [2.05, 4.69) is 10.3 Å². The van der Waals surface area contributed by atoms with Gasteiger partial charge in [-0.3, -0.25) is 13.6 Å². The largest absolute Gasteiger partial charge is 0.772 e. The third-order valence-corrected chi connectivity index (χ3v) is 6.39. The van der Waals surface area contributed by atoms with Crippen molar-refractivity contribution in [2.45, 2.75) is 52.6 Å². The molecule has 0 aliphatic carbocycles. The van der Waals surface area contributed by atoms with Crippen LogP contribution in [0, 0.1) is 0 Å². The minimum absolute atomic E-state index is 0.180. The van der Waals surface area contributed by atoms with Crippen LogP contribution in [-0.2, 0) is 11.1 Å². The molecule has 0 aliphatic rings. The number of nitrogens with one attached hydrogen (secondary N) is 1. The van der Waals surface area contributed by atoms with Gasteiger partial charge >= 0.3 is 5.69 Å². The highest BCUT2D eigenvalue weighted by molar-refractivity contribution is 7.79. The minimum Gasteiger partial charge on any atom is -0.772 e. The molecule has 3 aromatic rings. The lowest BCUT2D eigenvalue weighted by molar-refractivity contribution is 0.0912. The van der Waals surface area contributed by atoms with Gasteiger partial charge < -0.3 is 14.6 Å². The second-order valence-corrected chi connectivity index (χ2v) is 9.29. The Hall–Kier alpha value is -2.98. The summed E-state index contributed by atoms with van der Waals surface area (Å²) in [7, 11) is 0. The van der Waals surface area contributed by atoms with Gasteiger partial charge in [-0.05, 0) is 52.3 Å². The number of imidazole rings is 1. The van der Waals surface area contributed by atoms with E-state index in [9.17, 15) is 18.4 Å². The number of aromatic nitrogens is 3. The van der Waals surface area contributed by atoms with E-state index in [4.69, 9.17) is 4.74 Å². The maximum atomic E-state index is 13.4. The Kier molecular flexibility index (Phi) is 7.38. The Morgan fingerprint density at radius 1 is 1.30 bits per heavy atom. The second-order valence-electron chi connectivity index (χ2n) is 8.40. The monoisotopic (exact) mass is 473 g/mol. The minimum atomic E-state index is -2.30. The zero-order valence-corrected chi connectivity index (χ0v) is 20.3. The summed E-state index contributed by atoms with van der Waals surface area (Å²) in [6.45, 7) is 9.63. The van der Waals surface area contributed by atoms with Crippen molar-refractivity contribution in [2.24, 2.45) is 0 Å². The average molecular weight is 474 g/mol. The molecule has 33 heavy (non-hydrogen) atoms. The van der Waals surface area contributed by atoms with Crippen LogP contribution in [0.1, 0.15) is 57.4 Å². The molecule has 2 heterocycles. The Morgan fingerprint density at radius 2 is 2.03 bits per heavy atom. The third kappa shape index (κ3) is 5.17. The van der Waals surface area contributed by atoms with E-state index in [-0.39, 0.29) is 23.0 Å². The maximum Gasteiger partial charge on any atom is 0.335 e. The molecule has 9 nitrogen and oxygen atoms in total. The van der Waals surface area contributed by atoms with Crippen LogP contribution in [0.15, 0.2) is 41.3 Å². The predicted octanol–water partition coefficient (Wildman–Crippen LogP) is 2.94. The predicted molar refractivity (Wildman–Crippen MR) is 127 cm³/mol. The molecule has 0 aliphatic heterocycles. The van der Waals surface area contributed by atoms with Gasteiger partial charge in [0, 0.05) is 29.6 Å². The van der Waals surface area contributed by atoms with Gasteiger partial charge in [0.2, 0.25) is 0 Å². The molecule has 1 N–H and O–H groups in total. The van der Waals surface area contributed by atoms with Gasteiger partial charge in [0.25, 0.3) is 5.91 Å². The Balaban J connectivity index is 2.11. The first-order valence-electron chi connectivity index (χ1n) is 10.8. The van der Waals surface area contributed by atoms with E-state index in [1.165, 1.54) is 10.8 Å². The summed E-state index contributed by atoms with van der Waals surface area (Å²) >= 11 is -2.30. The number of nitrogens with zero attached hydrogens (tertiary/aromatic N) is 3. The smallest absolute Gasteiger partial charge is 0.335 e. The molecular formula is C23H29N4O5S-. The lowest BCUT2D eigenvalue weighted by atomic mass is 10.0. The molecule has 3 rings (SSSR count). The standard InChI is InChI=1S/C23H30N4O5S/c1-6-23(5,14-33(30)31)25-21(28)16-11-19-20(24-13-16)27(22(29)26(19)15(3)4)17-9-8-10-18(12-17)32-7-2/h8-13,15H,6-7,14H2,1-5H3,(H,25,28)(H,30,31)/p-1/t23-/m0/s1. The molecule has 2 aromatic heterocycles. The van der Waals surface area contributed by atoms with E-state index in [1.807, 2.05) is 33.8 Å². The van der Waals surface area contributed by atoms with Gasteiger partial charge in [0.1, 0.15) is 5.75 Å². The highest BCUT2D eigenvalue weighted by Crippen LogP contribution is 2.23. The topological polar surface area (TPSA) is 118 Å². The van der Waals surface area contributed by atoms with E-state index < -0.39 is 22.5 Å². The quantitative estimate of drug-likeness (QED) is 0.478. The van der Waals surface area contributed by atoms with Gasteiger partial charge in [0.05, 0.1) is 23.4 Å². The first kappa shape index (κ1) is 24.7. The molecule has 178 valence electrons. The van der Waals surface area contributed by atoms with E-state index in [0.717, 1.165) is 0 Å². The number of rotatable bonds is 9. The number of amides is 1. The van der Waals surface area contributed by atoms with Crippen LogP contribution in [-0.4, -0.2) is 46.7 Å². The highest BCUT2D eigenvalue weighted by atomic mass is 32.2. The molecule has 10 heteroatoms. The van der Waals surface area contributed by atoms with Crippen LogP contribution in [0.3, 0.4) is 0 Å². The molecule has 0 bridgehead atoms. The average Bonchev–Trinajstić information content (AvgIpc) is 3.04. The number of pyridine rings is 1. The SMILES string of the molecule is CCOc1cccc(-n2c(=O)n(C(C)C)c3cc(C(=O)N[C@@](C)(CC)CS(=O)[O-])cnc32)c1. The zero-order valence-electron chi connectivity index (χ0n) is 19.5. The Bertz CT molecular complexity index is 1250. The maximum absolute atomic E-state index is 13.4. The van der Waals surface area contributed by atoms with E-state index in [0.29, 0.717) is 35.6 Å². The van der Waals surface area contributed by atoms with Gasteiger partial charge in [0.15, 0.2) is 5.65 Å². The summed E-state index contributed by atoms with van der Waals surface area (Å²) in [6, 6.07) is 8.62.